The maximum atomic E-state index is 11.7. The second-order valence-electron chi connectivity index (χ2n) is 6.95. The molecular weight excluding hydrogens is 302 g/mol. The topological polar surface area (TPSA) is 47.6 Å². The zero-order chi connectivity index (χ0) is 17.7. The van der Waals surface area contributed by atoms with Gasteiger partial charge in [-0.3, -0.25) is 0 Å². The van der Waals surface area contributed by atoms with Crippen molar-refractivity contribution in [1.82, 2.24) is 5.32 Å². The van der Waals surface area contributed by atoms with Crippen LogP contribution in [0.4, 0.5) is 4.79 Å². The lowest BCUT2D eigenvalue weighted by Gasteiger charge is -2.19. The molecule has 4 nitrogen and oxygen atoms in total. The Morgan fingerprint density at radius 2 is 1.62 bits per heavy atom. The van der Waals surface area contributed by atoms with Crippen LogP contribution in [0.2, 0.25) is 0 Å². The van der Waals surface area contributed by atoms with Crippen molar-refractivity contribution in [2.75, 3.05) is 0 Å². The lowest BCUT2D eigenvalue weighted by Crippen LogP contribution is -2.42. The molecular formula is C20H25NO3. The molecule has 0 unspecified atom stereocenters. The van der Waals surface area contributed by atoms with Gasteiger partial charge >= 0.3 is 6.09 Å². The summed E-state index contributed by atoms with van der Waals surface area (Å²) in [5.74, 6) is 1.22. The van der Waals surface area contributed by atoms with Gasteiger partial charge in [-0.1, -0.05) is 23.8 Å². The highest BCUT2D eigenvalue weighted by Crippen LogP contribution is 2.20. The van der Waals surface area contributed by atoms with Gasteiger partial charge in [-0.05, 0) is 70.0 Å². The number of rotatable bonds is 4. The highest BCUT2D eigenvalue weighted by molar-refractivity contribution is 5.71. The molecule has 1 N–H and O–H groups in total. The molecule has 24 heavy (non-hydrogen) atoms. The molecule has 2 rings (SSSR count). The van der Waals surface area contributed by atoms with Crippen LogP contribution in [0.25, 0.3) is 0 Å². The zero-order valence-corrected chi connectivity index (χ0v) is 15.0. The SMILES string of the molecule is Cc1ccc(C)c(COc2ccc(OC(=O)NC(C)(C)C)cc2)c1. The molecule has 0 atom stereocenters. The molecule has 2 aromatic carbocycles. The normalized spacial score (nSPS) is 11.0. The number of carbonyl (C=O) groups is 1. The first kappa shape index (κ1) is 17.9. The molecule has 0 fully saturated rings. The van der Waals surface area contributed by atoms with Crippen molar-refractivity contribution in [3.63, 3.8) is 0 Å². The summed E-state index contributed by atoms with van der Waals surface area (Å²) in [5.41, 5.74) is 3.26. The van der Waals surface area contributed by atoms with Crippen LogP contribution >= 0.6 is 0 Å². The molecule has 0 spiro atoms. The fourth-order valence-electron chi connectivity index (χ4n) is 2.16. The van der Waals surface area contributed by atoms with Gasteiger partial charge in [0.2, 0.25) is 0 Å². The van der Waals surface area contributed by atoms with E-state index in [-0.39, 0.29) is 5.54 Å². The van der Waals surface area contributed by atoms with E-state index in [1.54, 1.807) is 24.3 Å². The van der Waals surface area contributed by atoms with Gasteiger partial charge < -0.3 is 14.8 Å². The number of nitrogens with one attached hydrogen (secondary N) is 1. The average Bonchev–Trinajstić information content (AvgIpc) is 2.47. The molecule has 128 valence electrons. The molecule has 0 saturated carbocycles. The lowest BCUT2D eigenvalue weighted by molar-refractivity contribution is 0.190. The Morgan fingerprint density at radius 1 is 1.00 bits per heavy atom. The number of hydrogen-bond acceptors (Lipinski definition) is 3. The summed E-state index contributed by atoms with van der Waals surface area (Å²) < 4.78 is 11.0. The number of amides is 1. The minimum Gasteiger partial charge on any atom is -0.489 e. The minimum absolute atomic E-state index is 0.328. The standard InChI is InChI=1S/C20H25NO3/c1-14-6-7-15(2)16(12-14)13-23-17-8-10-18(11-9-17)24-19(22)21-20(3,4)5/h6-12H,13H2,1-5H3,(H,21,22). The van der Waals surface area contributed by atoms with E-state index in [1.165, 1.54) is 16.7 Å². The fraction of sp³-hybridized carbons (Fsp3) is 0.350. The average molecular weight is 327 g/mol. The monoisotopic (exact) mass is 327 g/mol. The first-order valence-corrected chi connectivity index (χ1v) is 8.02. The van der Waals surface area contributed by atoms with Crippen molar-refractivity contribution in [2.45, 2.75) is 46.8 Å². The highest BCUT2D eigenvalue weighted by Gasteiger charge is 2.15. The summed E-state index contributed by atoms with van der Waals surface area (Å²) in [5, 5.41) is 2.75. The molecule has 0 radical (unpaired) electrons. The van der Waals surface area contributed by atoms with E-state index < -0.39 is 6.09 Å². The zero-order valence-electron chi connectivity index (χ0n) is 15.0. The number of ether oxygens (including phenoxy) is 2. The maximum absolute atomic E-state index is 11.7. The van der Waals surface area contributed by atoms with E-state index in [9.17, 15) is 4.79 Å². The summed E-state index contributed by atoms with van der Waals surface area (Å²) in [7, 11) is 0. The fourth-order valence-corrected chi connectivity index (χ4v) is 2.16. The molecule has 0 aliphatic rings. The number of benzene rings is 2. The van der Waals surface area contributed by atoms with Crippen LogP contribution < -0.4 is 14.8 Å². The van der Waals surface area contributed by atoms with Crippen molar-refractivity contribution >= 4 is 6.09 Å². The van der Waals surface area contributed by atoms with Gasteiger partial charge in [0.1, 0.15) is 18.1 Å². The van der Waals surface area contributed by atoms with Gasteiger partial charge in [-0.25, -0.2) is 4.79 Å². The van der Waals surface area contributed by atoms with Crippen molar-refractivity contribution in [3.05, 3.63) is 59.2 Å². The number of carbonyl (C=O) groups excluding carboxylic acids is 1. The lowest BCUT2D eigenvalue weighted by atomic mass is 10.1. The second-order valence-corrected chi connectivity index (χ2v) is 6.95. The third kappa shape index (κ3) is 5.61. The quantitative estimate of drug-likeness (QED) is 0.880. The molecule has 0 aromatic heterocycles. The van der Waals surface area contributed by atoms with E-state index in [0.717, 1.165) is 5.75 Å². The van der Waals surface area contributed by atoms with Crippen molar-refractivity contribution in [3.8, 4) is 11.5 Å². The minimum atomic E-state index is -0.466. The Hall–Kier alpha value is -2.49. The predicted molar refractivity (Wildman–Crippen MR) is 95.6 cm³/mol. The third-order valence-electron chi connectivity index (χ3n) is 3.41. The Balaban J connectivity index is 1.92. The molecule has 0 aliphatic heterocycles. The smallest absolute Gasteiger partial charge is 0.413 e. The summed E-state index contributed by atoms with van der Waals surface area (Å²) in [4.78, 5) is 11.7. The summed E-state index contributed by atoms with van der Waals surface area (Å²) in [6, 6.07) is 13.4. The van der Waals surface area contributed by atoms with Crippen LogP contribution in [-0.4, -0.2) is 11.6 Å². The molecule has 4 heteroatoms. The van der Waals surface area contributed by atoms with Crippen LogP contribution in [0.3, 0.4) is 0 Å². The van der Waals surface area contributed by atoms with Crippen LogP contribution in [0.5, 0.6) is 11.5 Å². The van der Waals surface area contributed by atoms with E-state index in [2.05, 4.69) is 37.4 Å². The van der Waals surface area contributed by atoms with E-state index in [1.807, 2.05) is 20.8 Å². The van der Waals surface area contributed by atoms with Crippen LogP contribution in [0, 0.1) is 13.8 Å². The molecule has 0 heterocycles. The third-order valence-corrected chi connectivity index (χ3v) is 3.41. The number of hydrogen-bond donors (Lipinski definition) is 1. The van der Waals surface area contributed by atoms with Gasteiger partial charge in [0, 0.05) is 5.54 Å². The molecule has 2 aromatic rings. The first-order valence-electron chi connectivity index (χ1n) is 8.02. The Morgan fingerprint density at radius 3 is 2.25 bits per heavy atom. The van der Waals surface area contributed by atoms with E-state index >= 15 is 0 Å². The largest absolute Gasteiger partial charge is 0.489 e. The predicted octanol–water partition coefficient (Wildman–Crippen LogP) is 4.77. The summed E-state index contributed by atoms with van der Waals surface area (Å²) >= 11 is 0. The van der Waals surface area contributed by atoms with Gasteiger partial charge in [0.15, 0.2) is 0 Å². The van der Waals surface area contributed by atoms with E-state index in [0.29, 0.717) is 12.4 Å². The van der Waals surface area contributed by atoms with Crippen molar-refractivity contribution in [1.29, 1.82) is 0 Å². The van der Waals surface area contributed by atoms with Gasteiger partial charge in [-0.15, -0.1) is 0 Å². The van der Waals surface area contributed by atoms with Gasteiger partial charge in [-0.2, -0.15) is 0 Å². The molecule has 1 amide bonds. The van der Waals surface area contributed by atoms with E-state index in [4.69, 9.17) is 9.47 Å². The van der Waals surface area contributed by atoms with Crippen molar-refractivity contribution < 1.29 is 14.3 Å². The number of aryl methyl sites for hydroxylation is 2. The molecule has 0 saturated heterocycles. The molecule has 0 bridgehead atoms. The van der Waals surface area contributed by atoms with Crippen LogP contribution in [0.15, 0.2) is 42.5 Å². The van der Waals surface area contributed by atoms with Crippen LogP contribution in [0.1, 0.15) is 37.5 Å². The van der Waals surface area contributed by atoms with Gasteiger partial charge in [0.25, 0.3) is 0 Å². The first-order chi connectivity index (χ1) is 11.2. The highest BCUT2D eigenvalue weighted by atomic mass is 16.6. The van der Waals surface area contributed by atoms with Crippen molar-refractivity contribution in [2.24, 2.45) is 0 Å². The summed E-state index contributed by atoms with van der Waals surface area (Å²) in [6.45, 7) is 10.4. The Bertz CT molecular complexity index is 700. The Kier molecular flexibility index (Phi) is 5.50. The van der Waals surface area contributed by atoms with Crippen LogP contribution in [-0.2, 0) is 6.61 Å². The van der Waals surface area contributed by atoms with Gasteiger partial charge in [0.05, 0.1) is 0 Å². The second kappa shape index (κ2) is 7.39. The maximum Gasteiger partial charge on any atom is 0.413 e. The molecule has 0 aliphatic carbocycles. The Labute approximate surface area is 143 Å². The summed E-state index contributed by atoms with van der Waals surface area (Å²) in [6.07, 6.45) is -0.466.